The molecule has 0 bridgehead atoms. The molecule has 0 fully saturated rings. The van der Waals surface area contributed by atoms with Crippen LogP contribution in [0.3, 0.4) is 0 Å². The summed E-state index contributed by atoms with van der Waals surface area (Å²) in [5.74, 6) is -1.18. The summed E-state index contributed by atoms with van der Waals surface area (Å²) >= 11 is 0. The Labute approximate surface area is 98.3 Å². The van der Waals surface area contributed by atoms with Gasteiger partial charge in [0.2, 0.25) is 0 Å². The quantitative estimate of drug-likeness (QED) is 0.881. The number of pyridine rings is 1. The number of benzene rings is 1. The van der Waals surface area contributed by atoms with Crippen LogP contribution in [0.4, 0.5) is 14.5 Å². The Balaban J connectivity index is 2.07. The summed E-state index contributed by atoms with van der Waals surface area (Å²) in [6.07, 6.45) is 0. The van der Waals surface area contributed by atoms with E-state index in [9.17, 15) is 8.78 Å². The maximum Gasteiger partial charge on any atom is 0.149 e. The van der Waals surface area contributed by atoms with E-state index in [4.69, 9.17) is 0 Å². The Morgan fingerprint density at radius 2 is 2.00 bits per heavy atom. The highest BCUT2D eigenvalue weighted by Gasteiger charge is 2.03. The highest BCUT2D eigenvalue weighted by molar-refractivity contribution is 5.44. The van der Waals surface area contributed by atoms with Crippen LogP contribution >= 0.6 is 0 Å². The van der Waals surface area contributed by atoms with Gasteiger partial charge in [0.25, 0.3) is 0 Å². The summed E-state index contributed by atoms with van der Waals surface area (Å²) < 4.78 is 26.0. The topological polar surface area (TPSA) is 24.9 Å². The van der Waals surface area contributed by atoms with Gasteiger partial charge in [-0.15, -0.1) is 0 Å². The van der Waals surface area contributed by atoms with Crippen molar-refractivity contribution in [1.29, 1.82) is 0 Å². The molecule has 0 spiro atoms. The first-order valence-electron chi connectivity index (χ1n) is 5.26. The summed E-state index contributed by atoms with van der Waals surface area (Å²) in [5.41, 5.74) is 1.99. The van der Waals surface area contributed by atoms with E-state index in [2.05, 4.69) is 10.3 Å². The Bertz CT molecular complexity index is 527. The van der Waals surface area contributed by atoms with Gasteiger partial charge in [-0.05, 0) is 31.2 Å². The van der Waals surface area contributed by atoms with E-state index in [-0.39, 0.29) is 5.69 Å². The van der Waals surface area contributed by atoms with Crippen molar-refractivity contribution >= 4 is 5.69 Å². The molecule has 1 aromatic heterocycles. The second-order valence-corrected chi connectivity index (χ2v) is 3.75. The number of anilines is 1. The monoisotopic (exact) mass is 234 g/mol. The molecule has 4 heteroatoms. The van der Waals surface area contributed by atoms with Gasteiger partial charge in [0.05, 0.1) is 17.9 Å². The number of rotatable bonds is 3. The lowest BCUT2D eigenvalue weighted by molar-refractivity contribution is 0.585. The van der Waals surface area contributed by atoms with Crippen molar-refractivity contribution in [3.63, 3.8) is 0 Å². The highest BCUT2D eigenvalue weighted by Crippen LogP contribution is 2.15. The Morgan fingerprint density at radius 1 is 1.18 bits per heavy atom. The normalized spacial score (nSPS) is 10.3. The van der Waals surface area contributed by atoms with Crippen molar-refractivity contribution in [1.82, 2.24) is 4.98 Å². The molecule has 88 valence electrons. The first-order chi connectivity index (χ1) is 8.15. The molecule has 17 heavy (non-hydrogen) atoms. The first-order valence-corrected chi connectivity index (χ1v) is 5.26. The zero-order valence-corrected chi connectivity index (χ0v) is 9.37. The molecule has 1 N–H and O–H groups in total. The molecule has 2 rings (SSSR count). The zero-order chi connectivity index (χ0) is 12.3. The van der Waals surface area contributed by atoms with Crippen LogP contribution in [0.25, 0.3) is 0 Å². The molecule has 0 amide bonds. The maximum atomic E-state index is 13.3. The molecule has 0 aliphatic carbocycles. The molecule has 0 unspecified atom stereocenters. The largest absolute Gasteiger partial charge is 0.377 e. The van der Waals surface area contributed by atoms with Crippen LogP contribution in [0.5, 0.6) is 0 Å². The molecule has 2 nitrogen and oxygen atoms in total. The molecular weight excluding hydrogens is 222 g/mol. The predicted molar refractivity (Wildman–Crippen MR) is 62.7 cm³/mol. The maximum absolute atomic E-state index is 13.3. The second-order valence-electron chi connectivity index (χ2n) is 3.75. The third kappa shape index (κ3) is 3.00. The summed E-state index contributed by atoms with van der Waals surface area (Å²) in [6, 6.07) is 9.07. The number of halogens is 2. The van der Waals surface area contributed by atoms with Crippen LogP contribution in [-0.4, -0.2) is 4.98 Å². The fraction of sp³-hybridized carbons (Fsp3) is 0.154. The summed E-state index contributed by atoms with van der Waals surface area (Å²) in [4.78, 5) is 4.28. The Morgan fingerprint density at radius 3 is 2.71 bits per heavy atom. The number of hydrogen-bond acceptors (Lipinski definition) is 2. The lowest BCUT2D eigenvalue weighted by Crippen LogP contribution is -2.03. The number of nitrogens with one attached hydrogen (secondary N) is 1. The van der Waals surface area contributed by atoms with Gasteiger partial charge in [0.15, 0.2) is 0 Å². The van der Waals surface area contributed by atoms with Gasteiger partial charge in [-0.25, -0.2) is 8.78 Å². The van der Waals surface area contributed by atoms with Crippen molar-refractivity contribution in [3.8, 4) is 0 Å². The van der Waals surface area contributed by atoms with E-state index in [1.807, 2.05) is 25.1 Å². The molecular formula is C13H12F2N2. The average molecular weight is 234 g/mol. The van der Waals surface area contributed by atoms with E-state index < -0.39 is 11.6 Å². The van der Waals surface area contributed by atoms with E-state index in [1.54, 1.807) is 0 Å². The molecule has 2 aromatic rings. The van der Waals surface area contributed by atoms with E-state index in [1.165, 1.54) is 12.1 Å². The number of aromatic nitrogens is 1. The molecule has 0 saturated carbocycles. The summed E-state index contributed by atoms with van der Waals surface area (Å²) in [6.45, 7) is 2.30. The van der Waals surface area contributed by atoms with Crippen LogP contribution < -0.4 is 5.32 Å². The summed E-state index contributed by atoms with van der Waals surface area (Å²) in [5, 5.41) is 2.88. The van der Waals surface area contributed by atoms with Gasteiger partial charge in [0, 0.05) is 11.8 Å². The molecule has 0 aliphatic rings. The number of hydrogen-bond donors (Lipinski definition) is 1. The number of aryl methyl sites for hydroxylation is 1. The van der Waals surface area contributed by atoms with Crippen LogP contribution in [0.2, 0.25) is 0 Å². The molecule has 0 saturated heterocycles. The van der Waals surface area contributed by atoms with E-state index >= 15 is 0 Å². The van der Waals surface area contributed by atoms with Gasteiger partial charge in [0.1, 0.15) is 11.6 Å². The zero-order valence-electron chi connectivity index (χ0n) is 9.37. The average Bonchev–Trinajstić information content (AvgIpc) is 2.28. The van der Waals surface area contributed by atoms with Gasteiger partial charge in [-0.1, -0.05) is 6.07 Å². The van der Waals surface area contributed by atoms with Crippen molar-refractivity contribution in [2.24, 2.45) is 0 Å². The second kappa shape index (κ2) is 4.91. The fourth-order valence-electron chi connectivity index (χ4n) is 1.52. The van der Waals surface area contributed by atoms with Crippen molar-refractivity contribution in [3.05, 3.63) is 59.4 Å². The SMILES string of the molecule is Cc1cccc(CNc2ccc(F)cc2F)n1. The van der Waals surface area contributed by atoms with Crippen LogP contribution in [0.1, 0.15) is 11.4 Å². The van der Waals surface area contributed by atoms with Gasteiger partial charge < -0.3 is 5.32 Å². The Kier molecular flexibility index (Phi) is 3.32. The summed E-state index contributed by atoms with van der Waals surface area (Å²) in [7, 11) is 0. The Hall–Kier alpha value is -1.97. The van der Waals surface area contributed by atoms with Gasteiger partial charge in [-0.2, -0.15) is 0 Å². The highest BCUT2D eigenvalue weighted by atomic mass is 19.1. The number of nitrogens with zero attached hydrogens (tertiary/aromatic N) is 1. The molecule has 1 aromatic carbocycles. The third-order valence-corrected chi connectivity index (χ3v) is 2.34. The lowest BCUT2D eigenvalue weighted by atomic mass is 10.2. The first kappa shape index (κ1) is 11.5. The molecule has 0 atom stereocenters. The minimum absolute atomic E-state index is 0.273. The van der Waals surface area contributed by atoms with Crippen LogP contribution in [0.15, 0.2) is 36.4 Å². The van der Waals surface area contributed by atoms with Crippen molar-refractivity contribution in [2.75, 3.05) is 5.32 Å². The van der Waals surface area contributed by atoms with Crippen LogP contribution in [0, 0.1) is 18.6 Å². The predicted octanol–water partition coefficient (Wildman–Crippen LogP) is 3.28. The standard InChI is InChI=1S/C13H12F2N2/c1-9-3-2-4-11(17-9)8-16-13-6-5-10(14)7-12(13)15/h2-7,16H,8H2,1H3. The van der Waals surface area contributed by atoms with Gasteiger partial charge >= 0.3 is 0 Å². The van der Waals surface area contributed by atoms with Crippen LogP contribution in [-0.2, 0) is 6.54 Å². The minimum Gasteiger partial charge on any atom is -0.377 e. The fourth-order valence-corrected chi connectivity index (χ4v) is 1.52. The van der Waals surface area contributed by atoms with E-state index in [0.717, 1.165) is 17.5 Å². The van der Waals surface area contributed by atoms with Gasteiger partial charge in [-0.3, -0.25) is 4.98 Å². The smallest absolute Gasteiger partial charge is 0.149 e. The van der Waals surface area contributed by atoms with Crippen molar-refractivity contribution < 1.29 is 8.78 Å². The molecule has 0 aliphatic heterocycles. The lowest BCUT2D eigenvalue weighted by Gasteiger charge is -2.07. The minimum atomic E-state index is -0.599. The van der Waals surface area contributed by atoms with E-state index in [0.29, 0.717) is 6.54 Å². The van der Waals surface area contributed by atoms with Crippen molar-refractivity contribution in [2.45, 2.75) is 13.5 Å². The molecule has 1 heterocycles. The third-order valence-electron chi connectivity index (χ3n) is 2.34. The molecule has 0 radical (unpaired) electrons.